The van der Waals surface area contributed by atoms with E-state index in [4.69, 9.17) is 15.2 Å². The number of anilines is 1. The molecule has 1 atom stereocenters. The second-order valence-corrected chi connectivity index (χ2v) is 8.93. The number of carbonyl (C=O) groups is 2. The van der Waals surface area contributed by atoms with Gasteiger partial charge in [0.25, 0.3) is 0 Å². The fourth-order valence-electron chi connectivity index (χ4n) is 4.52. The first-order valence-corrected chi connectivity index (χ1v) is 11.5. The number of hydrogen-bond acceptors (Lipinski definition) is 7. The van der Waals surface area contributed by atoms with Gasteiger partial charge >= 0.3 is 11.9 Å². The number of nitrogens with two attached hydrogens (primary N) is 1. The maximum Gasteiger partial charge on any atom is 0.355 e. The Morgan fingerprint density at radius 2 is 1.46 bits per heavy atom. The summed E-state index contributed by atoms with van der Waals surface area (Å²) in [5.74, 6) is -2.18. The predicted octanol–water partition coefficient (Wildman–Crippen LogP) is 4.83. The van der Waals surface area contributed by atoms with Crippen molar-refractivity contribution in [1.82, 2.24) is 0 Å². The summed E-state index contributed by atoms with van der Waals surface area (Å²) in [7, 11) is 2.49. The number of benzene rings is 2. The van der Waals surface area contributed by atoms with Crippen molar-refractivity contribution in [2.24, 2.45) is 5.73 Å². The molecular weight excluding hydrogens is 442 g/mol. The Balaban J connectivity index is 2.54. The van der Waals surface area contributed by atoms with E-state index < -0.39 is 17.9 Å². The van der Waals surface area contributed by atoms with Crippen LogP contribution in [0.25, 0.3) is 0 Å². The highest BCUT2D eigenvalue weighted by molar-refractivity contribution is 6.06. The second-order valence-electron chi connectivity index (χ2n) is 8.93. The van der Waals surface area contributed by atoms with Crippen molar-refractivity contribution >= 4 is 17.6 Å². The molecule has 2 aromatic carbocycles. The highest BCUT2D eigenvalue weighted by atomic mass is 16.5. The third-order valence-electron chi connectivity index (χ3n) is 6.18. The number of nitrogens with zero attached hydrogens (tertiary/aromatic N) is 2. The van der Waals surface area contributed by atoms with Crippen molar-refractivity contribution in [2.45, 2.75) is 45.4 Å². The van der Waals surface area contributed by atoms with Gasteiger partial charge in [-0.3, -0.25) is 4.90 Å². The van der Waals surface area contributed by atoms with E-state index in [2.05, 4.69) is 6.07 Å². The van der Waals surface area contributed by atoms with Gasteiger partial charge in [-0.15, -0.1) is 0 Å². The van der Waals surface area contributed by atoms with Gasteiger partial charge in [-0.2, -0.15) is 5.26 Å². The number of carbonyl (C=O) groups excluding carboxylic acids is 2. The Kier molecular flexibility index (Phi) is 7.65. The number of allylic oxidation sites excluding steroid dienone is 1. The standard InChI is InChI=1S/C28H31N3O4/c1-16(2)19-13-10-14-20(17(3)4)24(19)31-25(28(33)35-6)23(27(32)34-5)22(21(15-29)26(31)30)18-11-8-7-9-12-18/h7-14,16-17,22H,30H2,1-6H3. The monoisotopic (exact) mass is 473 g/mol. The normalized spacial score (nSPS) is 16.0. The molecule has 0 spiro atoms. The van der Waals surface area contributed by atoms with Gasteiger partial charge in [-0.25, -0.2) is 9.59 Å². The average molecular weight is 474 g/mol. The van der Waals surface area contributed by atoms with E-state index in [1.165, 1.54) is 19.1 Å². The molecule has 0 radical (unpaired) electrons. The summed E-state index contributed by atoms with van der Waals surface area (Å²) in [6, 6.07) is 17.1. The van der Waals surface area contributed by atoms with Crippen molar-refractivity contribution in [3.8, 4) is 6.07 Å². The maximum absolute atomic E-state index is 13.4. The summed E-state index contributed by atoms with van der Waals surface area (Å²) in [6.45, 7) is 8.14. The zero-order chi connectivity index (χ0) is 25.9. The number of para-hydroxylation sites is 1. The van der Waals surface area contributed by atoms with Crippen molar-refractivity contribution in [1.29, 1.82) is 5.26 Å². The van der Waals surface area contributed by atoms with Gasteiger partial charge in [-0.05, 0) is 28.5 Å². The van der Waals surface area contributed by atoms with Gasteiger partial charge in [0, 0.05) is 0 Å². The van der Waals surface area contributed by atoms with Crippen LogP contribution < -0.4 is 10.6 Å². The minimum absolute atomic E-state index is 0.00423. The van der Waals surface area contributed by atoms with E-state index >= 15 is 0 Å². The molecule has 35 heavy (non-hydrogen) atoms. The summed E-state index contributed by atoms with van der Waals surface area (Å²) in [6.07, 6.45) is 0. The molecule has 0 bridgehead atoms. The molecule has 0 saturated carbocycles. The van der Waals surface area contributed by atoms with Crippen LogP contribution in [0.1, 0.15) is 62.1 Å². The molecule has 1 aliphatic rings. The van der Waals surface area contributed by atoms with Crippen molar-refractivity contribution in [3.05, 3.63) is 87.9 Å². The lowest BCUT2D eigenvalue weighted by Gasteiger charge is -2.38. The molecule has 0 aliphatic carbocycles. The first kappa shape index (κ1) is 25.6. The lowest BCUT2D eigenvalue weighted by molar-refractivity contribution is -0.139. The molecule has 3 rings (SSSR count). The lowest BCUT2D eigenvalue weighted by atomic mass is 9.80. The van der Waals surface area contributed by atoms with Crippen molar-refractivity contribution in [3.63, 3.8) is 0 Å². The van der Waals surface area contributed by atoms with Crippen molar-refractivity contribution < 1.29 is 19.1 Å². The van der Waals surface area contributed by atoms with Crippen LogP contribution in [0.15, 0.2) is 71.2 Å². The van der Waals surface area contributed by atoms with Gasteiger partial charge in [0.1, 0.15) is 11.5 Å². The van der Waals surface area contributed by atoms with Gasteiger partial charge in [0.05, 0.1) is 43.0 Å². The Morgan fingerprint density at radius 3 is 1.91 bits per heavy atom. The largest absolute Gasteiger partial charge is 0.466 e. The molecule has 2 aromatic rings. The highest BCUT2D eigenvalue weighted by Gasteiger charge is 2.44. The quantitative estimate of drug-likeness (QED) is 0.599. The minimum Gasteiger partial charge on any atom is -0.466 e. The molecule has 182 valence electrons. The van der Waals surface area contributed by atoms with Crippen LogP contribution in [0.5, 0.6) is 0 Å². The van der Waals surface area contributed by atoms with Crippen LogP contribution in [0, 0.1) is 11.3 Å². The number of rotatable bonds is 6. The van der Waals surface area contributed by atoms with Crippen molar-refractivity contribution in [2.75, 3.05) is 19.1 Å². The summed E-state index contributed by atoms with van der Waals surface area (Å²) < 4.78 is 10.3. The zero-order valence-corrected chi connectivity index (χ0v) is 21.0. The Morgan fingerprint density at radius 1 is 0.914 bits per heavy atom. The molecule has 7 nitrogen and oxygen atoms in total. The number of esters is 2. The molecule has 0 aromatic heterocycles. The smallest absolute Gasteiger partial charge is 0.355 e. The fourth-order valence-corrected chi connectivity index (χ4v) is 4.52. The minimum atomic E-state index is -0.896. The van der Waals surface area contributed by atoms with Crippen LogP contribution in [-0.2, 0) is 19.1 Å². The first-order chi connectivity index (χ1) is 16.7. The Labute approximate surface area is 206 Å². The molecule has 2 N–H and O–H groups in total. The molecule has 1 unspecified atom stereocenters. The van der Waals surface area contributed by atoms with E-state index in [-0.39, 0.29) is 34.5 Å². The average Bonchev–Trinajstić information content (AvgIpc) is 2.86. The molecule has 0 saturated heterocycles. The second kappa shape index (κ2) is 10.5. The van der Waals surface area contributed by atoms with Gasteiger partial charge in [-0.1, -0.05) is 76.2 Å². The van der Waals surface area contributed by atoms with E-state index in [0.29, 0.717) is 11.3 Å². The molecular formula is C28H31N3O4. The maximum atomic E-state index is 13.4. The summed E-state index contributed by atoms with van der Waals surface area (Å²) in [5.41, 5.74) is 9.94. The highest BCUT2D eigenvalue weighted by Crippen LogP contribution is 2.46. The van der Waals surface area contributed by atoms with E-state index in [1.54, 1.807) is 24.3 Å². The summed E-state index contributed by atoms with van der Waals surface area (Å²) in [5, 5.41) is 10.3. The van der Waals surface area contributed by atoms with Crippen LogP contribution >= 0.6 is 0 Å². The Bertz CT molecular complexity index is 1210. The van der Waals surface area contributed by atoms with Crippen LogP contribution in [0.3, 0.4) is 0 Å². The van der Waals surface area contributed by atoms with E-state index in [9.17, 15) is 14.9 Å². The van der Waals surface area contributed by atoms with Gasteiger partial charge in [0.2, 0.25) is 0 Å². The topological polar surface area (TPSA) is 106 Å². The lowest BCUT2D eigenvalue weighted by Crippen LogP contribution is -2.41. The Hall–Kier alpha value is -4.05. The fraction of sp³-hybridized carbons (Fsp3) is 0.321. The van der Waals surface area contributed by atoms with E-state index in [1.807, 2.05) is 52.0 Å². The van der Waals surface area contributed by atoms with E-state index in [0.717, 1.165) is 11.1 Å². The molecule has 1 heterocycles. The summed E-state index contributed by atoms with van der Waals surface area (Å²) in [4.78, 5) is 28.2. The van der Waals surface area contributed by atoms with Crippen LogP contribution in [0.2, 0.25) is 0 Å². The SMILES string of the molecule is COC(=O)C1=C(C(=O)OC)N(c2c(C(C)C)cccc2C(C)C)C(N)=C(C#N)C1c1ccccc1. The molecule has 0 amide bonds. The zero-order valence-electron chi connectivity index (χ0n) is 21.0. The van der Waals surface area contributed by atoms with Gasteiger partial charge in [0.15, 0.2) is 0 Å². The van der Waals surface area contributed by atoms with Crippen LogP contribution in [0.4, 0.5) is 5.69 Å². The predicted molar refractivity (Wildman–Crippen MR) is 134 cm³/mol. The number of ether oxygens (including phenoxy) is 2. The van der Waals surface area contributed by atoms with Gasteiger partial charge < -0.3 is 15.2 Å². The third-order valence-corrected chi connectivity index (χ3v) is 6.18. The molecule has 1 aliphatic heterocycles. The first-order valence-electron chi connectivity index (χ1n) is 11.5. The van der Waals surface area contributed by atoms with Crippen LogP contribution in [-0.4, -0.2) is 26.2 Å². The summed E-state index contributed by atoms with van der Waals surface area (Å²) >= 11 is 0. The molecule has 7 heteroatoms. The third kappa shape index (κ3) is 4.52. The number of nitriles is 1. The number of hydrogen-bond donors (Lipinski definition) is 1. The number of methoxy groups -OCH3 is 2. The molecule has 0 fully saturated rings.